The van der Waals surface area contributed by atoms with Crippen LogP contribution in [0.5, 0.6) is 0 Å². The van der Waals surface area contributed by atoms with Crippen molar-refractivity contribution in [2.75, 3.05) is 6.61 Å². The van der Waals surface area contributed by atoms with Crippen LogP contribution in [-0.4, -0.2) is 28.9 Å². The summed E-state index contributed by atoms with van der Waals surface area (Å²) in [4.78, 5) is 4.76. The summed E-state index contributed by atoms with van der Waals surface area (Å²) in [5.74, 6) is 0. The Morgan fingerprint density at radius 1 is 1.20 bits per heavy atom. The van der Waals surface area contributed by atoms with Gasteiger partial charge in [-0.25, -0.2) is 13.9 Å². The molecule has 0 saturated heterocycles. The van der Waals surface area contributed by atoms with Gasteiger partial charge in [-0.1, -0.05) is 27.7 Å². The maximum atomic E-state index is 12.8. The van der Waals surface area contributed by atoms with Crippen molar-refractivity contribution in [1.82, 2.24) is 9.71 Å². The first-order chi connectivity index (χ1) is 11.1. The summed E-state index contributed by atoms with van der Waals surface area (Å²) in [6, 6.07) is 0. The molecule has 1 rings (SSSR count). The van der Waals surface area contributed by atoms with E-state index < -0.39 is 24.8 Å². The number of thiazole rings is 1. The maximum Gasteiger partial charge on any atom is 0.192 e. The molecule has 7 heteroatoms. The van der Waals surface area contributed by atoms with Crippen molar-refractivity contribution in [3.8, 4) is 0 Å². The lowest BCUT2D eigenvalue weighted by molar-refractivity contribution is 0.200. The fourth-order valence-electron chi connectivity index (χ4n) is 1.76. The number of hydrogen-bond acceptors (Lipinski definition) is 4. The van der Waals surface area contributed by atoms with Crippen LogP contribution in [0.1, 0.15) is 66.1 Å². The van der Waals surface area contributed by atoms with E-state index in [1.54, 1.807) is 11.3 Å². The Balaban J connectivity index is 3.13. The van der Waals surface area contributed by atoms with Crippen molar-refractivity contribution in [2.24, 2.45) is 0 Å². The van der Waals surface area contributed by atoms with Gasteiger partial charge in [0.05, 0.1) is 28.0 Å². The second kappa shape index (κ2) is 7.88. The molecule has 4 nitrogen and oxygen atoms in total. The molecule has 1 heterocycles. The molecule has 0 spiro atoms. The van der Waals surface area contributed by atoms with Gasteiger partial charge in [0.2, 0.25) is 0 Å². The topological polar surface area (TPSA) is 51.2 Å². The molecular weight excluding hydrogens is 368 g/mol. The molecule has 1 aromatic rings. The summed E-state index contributed by atoms with van der Waals surface area (Å²) in [6.07, 6.45) is 0.901. The van der Waals surface area contributed by atoms with Crippen LogP contribution in [0.3, 0.4) is 0 Å². The normalized spacial score (nSPS) is 17.4. The first-order valence-electron chi connectivity index (χ1n) is 8.91. The van der Waals surface area contributed by atoms with Gasteiger partial charge < -0.3 is 4.43 Å². The molecule has 2 atom stereocenters. The van der Waals surface area contributed by atoms with E-state index in [2.05, 4.69) is 57.8 Å². The predicted octanol–water partition coefficient (Wildman–Crippen LogP) is 4.99. The quantitative estimate of drug-likeness (QED) is 0.651. The van der Waals surface area contributed by atoms with E-state index in [4.69, 9.17) is 9.41 Å². The molecule has 0 amide bonds. The zero-order chi connectivity index (χ0) is 19.7. The van der Waals surface area contributed by atoms with Gasteiger partial charge in [-0.15, -0.1) is 11.3 Å². The van der Waals surface area contributed by atoms with Crippen molar-refractivity contribution < 1.29 is 8.63 Å². The molecule has 0 unspecified atom stereocenters. The van der Waals surface area contributed by atoms with E-state index in [9.17, 15) is 4.21 Å². The van der Waals surface area contributed by atoms with E-state index in [1.807, 2.05) is 20.8 Å². The smallest absolute Gasteiger partial charge is 0.192 e. The average molecular weight is 405 g/mol. The van der Waals surface area contributed by atoms with Crippen LogP contribution in [0.15, 0.2) is 5.38 Å². The van der Waals surface area contributed by atoms with Gasteiger partial charge in [0.1, 0.15) is 10.5 Å². The molecule has 0 aliphatic rings. The van der Waals surface area contributed by atoms with Crippen LogP contribution in [0.2, 0.25) is 18.1 Å². The predicted molar refractivity (Wildman–Crippen MR) is 113 cm³/mol. The molecule has 0 aliphatic carbocycles. The Kier molecular flexibility index (Phi) is 7.24. The van der Waals surface area contributed by atoms with Gasteiger partial charge in [-0.2, -0.15) is 0 Å². The lowest BCUT2D eigenvalue weighted by atomic mass is 10.1. The van der Waals surface area contributed by atoms with Gasteiger partial charge in [-0.3, -0.25) is 0 Å². The summed E-state index contributed by atoms with van der Waals surface area (Å²) < 4.78 is 22.2. The first-order valence-corrected chi connectivity index (χ1v) is 13.8. The lowest BCUT2D eigenvalue weighted by Crippen LogP contribution is -2.52. The molecule has 25 heavy (non-hydrogen) atoms. The van der Waals surface area contributed by atoms with Crippen LogP contribution >= 0.6 is 11.3 Å². The number of aromatic nitrogens is 1. The van der Waals surface area contributed by atoms with Crippen LogP contribution < -0.4 is 4.72 Å². The third-order valence-electron chi connectivity index (χ3n) is 4.79. The molecule has 0 aromatic carbocycles. The zero-order valence-electron chi connectivity index (χ0n) is 17.6. The van der Waals surface area contributed by atoms with Crippen LogP contribution in [0.25, 0.3) is 0 Å². The van der Waals surface area contributed by atoms with E-state index in [1.165, 1.54) is 0 Å². The monoisotopic (exact) mass is 404 g/mol. The second-order valence-electron chi connectivity index (χ2n) is 9.36. The summed E-state index contributed by atoms with van der Waals surface area (Å²) in [6.45, 7) is 21.7. The molecule has 1 aromatic heterocycles. The number of rotatable bonds is 7. The highest BCUT2D eigenvalue weighted by Gasteiger charge is 2.42. The second-order valence-corrected chi connectivity index (χ2v) is 17.0. The largest absolute Gasteiger partial charge is 0.414 e. The van der Waals surface area contributed by atoms with Gasteiger partial charge in [-0.05, 0) is 52.2 Å². The standard InChI is InChI=1S/C18H36N2O2S2Si/c1-11-14-12-23-15(19-14)18(8,20-24(21)16(2,3)4)13-22-25(9,10)17(5,6)7/h12,20H,11,13H2,1-10H3/t18-,24+/m1/s1. The van der Waals surface area contributed by atoms with Crippen molar-refractivity contribution in [2.45, 2.75) is 90.2 Å². The third kappa shape index (κ3) is 5.96. The lowest BCUT2D eigenvalue weighted by Gasteiger charge is -2.40. The maximum absolute atomic E-state index is 12.8. The number of nitrogens with one attached hydrogen (secondary N) is 1. The van der Waals surface area contributed by atoms with E-state index >= 15 is 0 Å². The molecular formula is C18H36N2O2S2Si. The number of nitrogens with zero attached hydrogens (tertiary/aromatic N) is 1. The Bertz CT molecular complexity index is 603. The fraction of sp³-hybridized carbons (Fsp3) is 0.833. The Morgan fingerprint density at radius 3 is 2.16 bits per heavy atom. The summed E-state index contributed by atoms with van der Waals surface area (Å²) in [5.41, 5.74) is 0.507. The van der Waals surface area contributed by atoms with Crippen molar-refractivity contribution >= 4 is 30.6 Å². The molecule has 0 saturated carbocycles. The first kappa shape index (κ1) is 23.0. The summed E-state index contributed by atoms with van der Waals surface area (Å²) in [5, 5.41) is 3.16. The van der Waals surface area contributed by atoms with E-state index in [0.29, 0.717) is 6.61 Å². The number of aryl methyl sites for hydroxylation is 1. The van der Waals surface area contributed by atoms with Gasteiger partial charge >= 0.3 is 0 Å². The molecule has 0 fully saturated rings. The molecule has 0 radical (unpaired) electrons. The minimum absolute atomic E-state index is 0.133. The Morgan fingerprint density at radius 2 is 1.76 bits per heavy atom. The van der Waals surface area contributed by atoms with Gasteiger partial charge in [0.25, 0.3) is 0 Å². The van der Waals surface area contributed by atoms with Gasteiger partial charge in [0.15, 0.2) is 8.32 Å². The van der Waals surface area contributed by atoms with E-state index in [0.717, 1.165) is 17.1 Å². The summed E-state index contributed by atoms with van der Waals surface area (Å²) in [7, 11) is -3.11. The van der Waals surface area contributed by atoms with Crippen LogP contribution in [-0.2, 0) is 27.4 Å². The van der Waals surface area contributed by atoms with Crippen LogP contribution in [0.4, 0.5) is 0 Å². The SMILES string of the molecule is CCc1csc([C@@](C)(CO[Si](C)(C)C(C)(C)C)N[S@@](=O)C(C)(C)C)n1. The molecule has 146 valence electrons. The van der Waals surface area contributed by atoms with Crippen molar-refractivity contribution in [3.63, 3.8) is 0 Å². The highest BCUT2D eigenvalue weighted by molar-refractivity contribution is 7.84. The minimum atomic E-state index is -1.91. The number of hydrogen-bond donors (Lipinski definition) is 1. The molecule has 1 N–H and O–H groups in total. The molecule has 0 aliphatic heterocycles. The zero-order valence-corrected chi connectivity index (χ0v) is 20.2. The molecule has 0 bridgehead atoms. The van der Waals surface area contributed by atoms with Crippen molar-refractivity contribution in [3.05, 3.63) is 16.1 Å². The highest BCUT2D eigenvalue weighted by atomic mass is 32.2. The van der Waals surface area contributed by atoms with Crippen molar-refractivity contribution in [1.29, 1.82) is 0 Å². The average Bonchev–Trinajstić information content (AvgIpc) is 2.92. The fourth-order valence-corrected chi connectivity index (χ4v) is 4.78. The minimum Gasteiger partial charge on any atom is -0.414 e. The third-order valence-corrected chi connectivity index (χ3v) is 12.2. The van der Waals surface area contributed by atoms with E-state index in [-0.39, 0.29) is 9.79 Å². The van der Waals surface area contributed by atoms with Crippen LogP contribution in [0, 0.1) is 0 Å². The Labute approximate surface area is 161 Å². The summed E-state index contributed by atoms with van der Waals surface area (Å²) >= 11 is 1.62. The van der Waals surface area contributed by atoms with Gasteiger partial charge in [0, 0.05) is 5.38 Å². The Hall–Kier alpha value is -0.0831. The highest BCUT2D eigenvalue weighted by Crippen LogP contribution is 2.38.